The molecule has 2 N–H and O–H groups in total. The monoisotopic (exact) mass is 291 g/mol. The van der Waals surface area contributed by atoms with Gasteiger partial charge in [-0.25, -0.2) is 13.1 Å². The molecule has 0 bridgehead atoms. The lowest BCUT2D eigenvalue weighted by Gasteiger charge is -2.30. The van der Waals surface area contributed by atoms with Crippen LogP contribution in [0.4, 0.5) is 0 Å². The third-order valence-electron chi connectivity index (χ3n) is 3.56. The van der Waals surface area contributed by atoms with E-state index in [0.717, 1.165) is 19.3 Å². The molecule has 7 heteroatoms. The van der Waals surface area contributed by atoms with Crippen LogP contribution in [0.1, 0.15) is 25.7 Å². The molecule has 0 spiro atoms. The second-order valence-corrected chi connectivity index (χ2v) is 6.78. The van der Waals surface area contributed by atoms with E-state index in [1.54, 1.807) is 0 Å². The molecule has 1 aliphatic rings. The second-order valence-electron chi connectivity index (χ2n) is 4.73. The van der Waals surface area contributed by atoms with Gasteiger partial charge in [-0.15, -0.1) is 11.6 Å². The molecule has 18 heavy (non-hydrogen) atoms. The quantitative estimate of drug-likeness (QED) is 0.811. The molecule has 1 aliphatic carbocycles. The normalized spacial score (nSPS) is 25.2. The smallest absolute Gasteiger partial charge is 0.257 e. The third-order valence-corrected chi connectivity index (χ3v) is 5.31. The number of nitrogens with zero attached hydrogens (tertiary/aromatic N) is 1. The average molecular weight is 292 g/mol. The molecular weight excluding hydrogens is 274 g/mol. The predicted octanol–water partition coefficient (Wildman–Crippen LogP) is 1.73. The van der Waals surface area contributed by atoms with Crippen LogP contribution in [-0.4, -0.2) is 31.0 Å². The standard InChI is InChI=1S/C11H18ClN3O2S/c12-7-9-3-1-2-4-10(9)8-14-18(16,17)11-5-6-13-15-11/h5-6,9-10,14H,1-4,7-8H2,(H,13,15). The van der Waals surface area contributed by atoms with E-state index in [9.17, 15) is 8.42 Å². The van der Waals surface area contributed by atoms with Crippen LogP contribution < -0.4 is 4.72 Å². The minimum atomic E-state index is -3.46. The van der Waals surface area contributed by atoms with Gasteiger partial charge in [0, 0.05) is 12.4 Å². The number of hydrogen-bond donors (Lipinski definition) is 2. The third kappa shape index (κ3) is 3.24. The Labute approximate surface area is 112 Å². The first kappa shape index (κ1) is 13.8. The molecule has 5 nitrogen and oxygen atoms in total. The van der Waals surface area contributed by atoms with Gasteiger partial charge in [-0.05, 0) is 30.7 Å². The van der Waals surface area contributed by atoms with Crippen LogP contribution in [0.5, 0.6) is 0 Å². The summed E-state index contributed by atoms with van der Waals surface area (Å²) in [6, 6.07) is 1.45. The molecule has 2 unspecified atom stereocenters. The largest absolute Gasteiger partial charge is 0.266 e. The fourth-order valence-electron chi connectivity index (χ4n) is 2.44. The van der Waals surface area contributed by atoms with Gasteiger partial charge in [0.1, 0.15) is 0 Å². The minimum absolute atomic E-state index is 0.112. The van der Waals surface area contributed by atoms with E-state index in [1.807, 2.05) is 0 Å². The number of alkyl halides is 1. The molecule has 0 saturated heterocycles. The highest BCUT2D eigenvalue weighted by atomic mass is 35.5. The maximum absolute atomic E-state index is 11.9. The summed E-state index contributed by atoms with van der Waals surface area (Å²) >= 11 is 5.93. The fraction of sp³-hybridized carbons (Fsp3) is 0.727. The van der Waals surface area contributed by atoms with Crippen molar-refractivity contribution in [3.63, 3.8) is 0 Å². The fourth-order valence-corrected chi connectivity index (χ4v) is 3.85. The van der Waals surface area contributed by atoms with Gasteiger partial charge in [0.25, 0.3) is 10.0 Å². The van der Waals surface area contributed by atoms with Gasteiger partial charge in [-0.3, -0.25) is 5.10 Å². The van der Waals surface area contributed by atoms with Crippen molar-refractivity contribution in [3.8, 4) is 0 Å². The lowest BCUT2D eigenvalue weighted by Crippen LogP contribution is -2.35. The summed E-state index contributed by atoms with van der Waals surface area (Å²) in [5.74, 6) is 1.37. The highest BCUT2D eigenvalue weighted by Crippen LogP contribution is 2.30. The van der Waals surface area contributed by atoms with E-state index in [-0.39, 0.29) is 5.03 Å². The first-order valence-electron chi connectivity index (χ1n) is 6.18. The van der Waals surface area contributed by atoms with Gasteiger partial charge in [0.2, 0.25) is 0 Å². The lowest BCUT2D eigenvalue weighted by molar-refractivity contribution is 0.260. The predicted molar refractivity (Wildman–Crippen MR) is 69.9 cm³/mol. The Bertz CT molecular complexity index is 461. The molecule has 102 valence electrons. The summed E-state index contributed by atoms with van der Waals surface area (Å²) in [5, 5.41) is 6.22. The SMILES string of the molecule is O=S(=O)(NCC1CCCCC1CCl)c1ccn[nH]1. The summed E-state index contributed by atoms with van der Waals surface area (Å²) in [6.45, 7) is 0.457. The molecule has 1 heterocycles. The lowest BCUT2D eigenvalue weighted by atomic mass is 9.80. The first-order chi connectivity index (χ1) is 8.63. The van der Waals surface area contributed by atoms with Crippen molar-refractivity contribution in [1.29, 1.82) is 0 Å². The maximum Gasteiger partial charge on any atom is 0.257 e. The summed E-state index contributed by atoms with van der Waals surface area (Å²) in [6.07, 6.45) is 5.92. The molecule has 0 aromatic carbocycles. The van der Waals surface area contributed by atoms with Crippen molar-refractivity contribution in [3.05, 3.63) is 12.3 Å². The van der Waals surface area contributed by atoms with E-state index in [4.69, 9.17) is 11.6 Å². The highest BCUT2D eigenvalue weighted by Gasteiger charge is 2.26. The van der Waals surface area contributed by atoms with Crippen LogP contribution in [0.3, 0.4) is 0 Å². The number of halogens is 1. The van der Waals surface area contributed by atoms with Crippen molar-refractivity contribution in [2.24, 2.45) is 11.8 Å². The number of sulfonamides is 1. The van der Waals surface area contributed by atoms with Gasteiger partial charge in [-0.1, -0.05) is 12.8 Å². The molecule has 2 atom stereocenters. The zero-order valence-corrected chi connectivity index (χ0v) is 11.7. The number of nitrogens with one attached hydrogen (secondary N) is 2. The molecule has 1 aromatic heterocycles. The topological polar surface area (TPSA) is 74.8 Å². The van der Waals surface area contributed by atoms with Gasteiger partial charge >= 0.3 is 0 Å². The van der Waals surface area contributed by atoms with Gasteiger partial charge in [0.15, 0.2) is 5.03 Å². The summed E-state index contributed by atoms with van der Waals surface area (Å²) in [4.78, 5) is 0. The van der Waals surface area contributed by atoms with Crippen molar-refractivity contribution < 1.29 is 8.42 Å². The molecule has 2 rings (SSSR count). The van der Waals surface area contributed by atoms with Crippen LogP contribution >= 0.6 is 11.6 Å². The molecule has 1 aromatic rings. The number of H-pyrrole nitrogens is 1. The van der Waals surface area contributed by atoms with Crippen molar-refractivity contribution in [2.45, 2.75) is 30.7 Å². The van der Waals surface area contributed by atoms with Crippen molar-refractivity contribution in [1.82, 2.24) is 14.9 Å². The van der Waals surface area contributed by atoms with Gasteiger partial charge in [0.05, 0.1) is 6.20 Å². The van der Waals surface area contributed by atoms with E-state index in [0.29, 0.717) is 24.3 Å². The van der Waals surface area contributed by atoms with Crippen molar-refractivity contribution >= 4 is 21.6 Å². The van der Waals surface area contributed by atoms with Crippen molar-refractivity contribution in [2.75, 3.05) is 12.4 Å². The molecule has 1 fully saturated rings. The maximum atomic E-state index is 11.9. The van der Waals surface area contributed by atoms with Crippen LogP contribution in [0.15, 0.2) is 17.3 Å². The average Bonchev–Trinajstić information content (AvgIpc) is 2.91. The van der Waals surface area contributed by atoms with Crippen LogP contribution in [0.2, 0.25) is 0 Å². The number of aromatic amines is 1. The van der Waals surface area contributed by atoms with Gasteiger partial charge < -0.3 is 0 Å². The van der Waals surface area contributed by atoms with Crippen LogP contribution in [-0.2, 0) is 10.0 Å². The van der Waals surface area contributed by atoms with Crippen LogP contribution in [0.25, 0.3) is 0 Å². The molecule has 1 saturated carbocycles. The second kappa shape index (κ2) is 6.04. The first-order valence-corrected chi connectivity index (χ1v) is 8.20. The Morgan fingerprint density at radius 2 is 2.11 bits per heavy atom. The Kier molecular flexibility index (Phi) is 4.64. The number of rotatable bonds is 5. The van der Waals surface area contributed by atoms with E-state index < -0.39 is 10.0 Å². The Hall–Kier alpha value is -0.590. The Morgan fingerprint density at radius 3 is 2.72 bits per heavy atom. The van der Waals surface area contributed by atoms with E-state index in [1.165, 1.54) is 18.7 Å². The summed E-state index contributed by atoms with van der Waals surface area (Å²) in [5.41, 5.74) is 0. The zero-order chi connectivity index (χ0) is 13.0. The highest BCUT2D eigenvalue weighted by molar-refractivity contribution is 7.89. The van der Waals surface area contributed by atoms with Gasteiger partial charge in [-0.2, -0.15) is 5.10 Å². The summed E-state index contributed by atoms with van der Waals surface area (Å²) in [7, 11) is -3.46. The van der Waals surface area contributed by atoms with Crippen LogP contribution in [0, 0.1) is 11.8 Å². The number of aromatic nitrogens is 2. The Morgan fingerprint density at radius 1 is 1.39 bits per heavy atom. The van der Waals surface area contributed by atoms with E-state index in [2.05, 4.69) is 14.9 Å². The summed E-state index contributed by atoms with van der Waals surface area (Å²) < 4.78 is 26.5. The number of hydrogen-bond acceptors (Lipinski definition) is 3. The molecule has 0 amide bonds. The zero-order valence-electron chi connectivity index (χ0n) is 10.1. The Balaban J connectivity index is 1.94. The van der Waals surface area contributed by atoms with E-state index >= 15 is 0 Å². The minimum Gasteiger partial charge on any atom is -0.266 e. The molecule has 0 radical (unpaired) electrons. The molecular formula is C11H18ClN3O2S. The molecule has 0 aliphatic heterocycles.